The van der Waals surface area contributed by atoms with Gasteiger partial charge >= 0.3 is 5.97 Å². The minimum absolute atomic E-state index is 0.156. The lowest BCUT2D eigenvalue weighted by molar-refractivity contribution is -0.121. The summed E-state index contributed by atoms with van der Waals surface area (Å²) in [6.45, 7) is 2.18. The first-order valence-electron chi connectivity index (χ1n) is 10.2. The number of amides is 3. The van der Waals surface area contributed by atoms with E-state index in [9.17, 15) is 19.2 Å². The third-order valence-corrected chi connectivity index (χ3v) is 6.08. The molecule has 0 saturated carbocycles. The van der Waals surface area contributed by atoms with Gasteiger partial charge in [-0.15, -0.1) is 6.42 Å². The standard InChI is InChI=1S/C24H19N3O5S/c1-3-12-26-18-9-8-16(23(31)32-4-2)14-19(18)33-24(26)25-22(30)15-6-5-7-17(13-15)27-20(28)10-11-21(27)29/h1,5-9,13-14H,4,10-12H2,2H3. The van der Waals surface area contributed by atoms with Gasteiger partial charge in [0.1, 0.15) is 0 Å². The van der Waals surface area contributed by atoms with Crippen LogP contribution in [0.25, 0.3) is 10.2 Å². The number of carbonyl (C=O) groups excluding carboxylic acids is 4. The van der Waals surface area contributed by atoms with Crippen LogP contribution in [0.5, 0.6) is 0 Å². The van der Waals surface area contributed by atoms with E-state index < -0.39 is 11.9 Å². The van der Waals surface area contributed by atoms with E-state index in [2.05, 4.69) is 10.9 Å². The van der Waals surface area contributed by atoms with Crippen LogP contribution >= 0.6 is 11.3 Å². The summed E-state index contributed by atoms with van der Waals surface area (Å²) < 4.78 is 7.49. The van der Waals surface area contributed by atoms with Gasteiger partial charge in [-0.3, -0.25) is 19.3 Å². The maximum Gasteiger partial charge on any atom is 0.338 e. The molecule has 0 radical (unpaired) electrons. The molecule has 1 aliphatic heterocycles. The molecule has 2 aromatic carbocycles. The summed E-state index contributed by atoms with van der Waals surface area (Å²) in [6.07, 6.45) is 5.83. The Balaban J connectivity index is 1.74. The van der Waals surface area contributed by atoms with Crippen LogP contribution in [0.4, 0.5) is 5.69 Å². The van der Waals surface area contributed by atoms with Crippen LogP contribution in [-0.4, -0.2) is 34.9 Å². The first kappa shape index (κ1) is 22.2. The maximum atomic E-state index is 13.0. The second-order valence-corrected chi connectivity index (χ2v) is 8.18. The van der Waals surface area contributed by atoms with E-state index in [0.717, 1.165) is 15.1 Å². The number of rotatable bonds is 5. The summed E-state index contributed by atoms with van der Waals surface area (Å²) in [5.74, 6) is 0.983. The van der Waals surface area contributed by atoms with Gasteiger partial charge in [-0.05, 0) is 43.3 Å². The van der Waals surface area contributed by atoms with Gasteiger partial charge in [0.2, 0.25) is 11.8 Å². The predicted molar refractivity (Wildman–Crippen MR) is 123 cm³/mol. The van der Waals surface area contributed by atoms with Gasteiger partial charge in [0.25, 0.3) is 5.91 Å². The predicted octanol–water partition coefficient (Wildman–Crippen LogP) is 2.91. The minimum atomic E-state index is -0.543. The monoisotopic (exact) mass is 461 g/mol. The van der Waals surface area contributed by atoms with Crippen molar-refractivity contribution < 1.29 is 23.9 Å². The molecule has 3 aromatic rings. The molecule has 33 heavy (non-hydrogen) atoms. The number of nitrogens with zero attached hydrogens (tertiary/aromatic N) is 3. The molecule has 0 atom stereocenters. The Hall–Kier alpha value is -4.03. The minimum Gasteiger partial charge on any atom is -0.462 e. The molecule has 0 N–H and O–H groups in total. The maximum absolute atomic E-state index is 13.0. The van der Waals surface area contributed by atoms with Gasteiger partial charge in [-0.2, -0.15) is 4.99 Å². The van der Waals surface area contributed by atoms with E-state index >= 15 is 0 Å². The van der Waals surface area contributed by atoms with Crippen LogP contribution in [0, 0.1) is 12.3 Å². The van der Waals surface area contributed by atoms with E-state index in [1.165, 1.54) is 17.4 Å². The third kappa shape index (κ3) is 4.33. The number of imide groups is 1. The molecule has 0 spiro atoms. The molecule has 0 unspecified atom stereocenters. The molecular weight excluding hydrogens is 442 g/mol. The summed E-state index contributed by atoms with van der Waals surface area (Å²) in [4.78, 5) is 54.8. The van der Waals surface area contributed by atoms with Crippen LogP contribution in [0.15, 0.2) is 47.5 Å². The van der Waals surface area contributed by atoms with Crippen LogP contribution in [0.2, 0.25) is 0 Å². The zero-order valence-electron chi connectivity index (χ0n) is 17.7. The Kier molecular flexibility index (Phi) is 6.20. The van der Waals surface area contributed by atoms with Crippen molar-refractivity contribution in [3.8, 4) is 12.3 Å². The second-order valence-electron chi connectivity index (χ2n) is 7.17. The van der Waals surface area contributed by atoms with Gasteiger partial charge in [-0.1, -0.05) is 23.3 Å². The lowest BCUT2D eigenvalue weighted by Crippen LogP contribution is -2.28. The van der Waals surface area contributed by atoms with E-state index in [-0.39, 0.29) is 43.4 Å². The van der Waals surface area contributed by atoms with Crippen molar-refractivity contribution >= 4 is 50.9 Å². The fraction of sp³-hybridized carbons (Fsp3) is 0.208. The molecule has 1 fully saturated rings. The van der Waals surface area contributed by atoms with E-state index in [4.69, 9.17) is 11.2 Å². The Bertz CT molecular complexity index is 1390. The number of benzene rings is 2. The molecule has 0 bridgehead atoms. The highest BCUT2D eigenvalue weighted by molar-refractivity contribution is 7.16. The average Bonchev–Trinajstić information content (AvgIpc) is 3.32. The molecule has 1 saturated heterocycles. The van der Waals surface area contributed by atoms with Crippen molar-refractivity contribution in [1.29, 1.82) is 0 Å². The zero-order chi connectivity index (χ0) is 23.5. The summed E-state index contributed by atoms with van der Waals surface area (Å²) in [5.41, 5.74) is 1.70. The van der Waals surface area contributed by atoms with Crippen LogP contribution in [-0.2, 0) is 20.9 Å². The number of anilines is 1. The molecule has 9 heteroatoms. The lowest BCUT2D eigenvalue weighted by Gasteiger charge is -2.14. The van der Waals surface area contributed by atoms with Crippen molar-refractivity contribution in [1.82, 2.24) is 4.57 Å². The molecule has 0 aliphatic carbocycles. The Morgan fingerprint density at radius 3 is 2.58 bits per heavy atom. The second kappa shape index (κ2) is 9.22. The molecular formula is C24H19N3O5S. The zero-order valence-corrected chi connectivity index (χ0v) is 18.6. The van der Waals surface area contributed by atoms with Crippen molar-refractivity contribution in [3.05, 3.63) is 58.4 Å². The molecule has 1 aromatic heterocycles. The van der Waals surface area contributed by atoms with Gasteiger partial charge in [0.15, 0.2) is 4.80 Å². The van der Waals surface area contributed by atoms with E-state index in [1.807, 2.05) is 0 Å². The topological polar surface area (TPSA) is 98.0 Å². The number of ether oxygens (including phenoxy) is 1. The third-order valence-electron chi connectivity index (χ3n) is 5.04. The molecule has 3 amide bonds. The quantitative estimate of drug-likeness (QED) is 0.331. The van der Waals surface area contributed by atoms with Gasteiger partial charge in [0.05, 0.1) is 34.6 Å². The summed E-state index contributed by atoms with van der Waals surface area (Å²) in [6, 6.07) is 11.3. The largest absolute Gasteiger partial charge is 0.462 e. The normalized spacial score (nSPS) is 14.1. The number of fused-ring (bicyclic) bond motifs is 1. The van der Waals surface area contributed by atoms with E-state index in [0.29, 0.717) is 16.1 Å². The van der Waals surface area contributed by atoms with Crippen LogP contribution in [0.1, 0.15) is 40.5 Å². The summed E-state index contributed by atoms with van der Waals surface area (Å²) >= 11 is 1.22. The molecule has 2 heterocycles. The number of aromatic nitrogens is 1. The molecule has 4 rings (SSSR count). The smallest absolute Gasteiger partial charge is 0.338 e. The number of terminal acetylenes is 1. The highest BCUT2D eigenvalue weighted by atomic mass is 32.1. The SMILES string of the molecule is C#CCn1c(=NC(=O)c2cccc(N3C(=O)CCC3=O)c2)sc2cc(C(=O)OCC)ccc21. The molecule has 1 aliphatic rings. The first-order chi connectivity index (χ1) is 15.9. The number of hydrogen-bond donors (Lipinski definition) is 0. The van der Waals surface area contributed by atoms with Crippen molar-refractivity contribution in [2.75, 3.05) is 11.5 Å². The fourth-order valence-corrected chi connectivity index (χ4v) is 4.61. The van der Waals surface area contributed by atoms with Crippen molar-refractivity contribution in [2.45, 2.75) is 26.3 Å². The fourth-order valence-electron chi connectivity index (χ4n) is 3.54. The van der Waals surface area contributed by atoms with E-state index in [1.54, 1.807) is 47.9 Å². The Morgan fingerprint density at radius 1 is 1.12 bits per heavy atom. The van der Waals surface area contributed by atoms with Gasteiger partial charge in [0, 0.05) is 18.4 Å². The number of thiazole rings is 1. The highest BCUT2D eigenvalue weighted by Crippen LogP contribution is 2.24. The number of hydrogen-bond acceptors (Lipinski definition) is 6. The van der Waals surface area contributed by atoms with Crippen LogP contribution in [0.3, 0.4) is 0 Å². The Labute approximate surface area is 193 Å². The molecule has 8 nitrogen and oxygen atoms in total. The van der Waals surface area contributed by atoms with Crippen molar-refractivity contribution in [2.24, 2.45) is 4.99 Å². The van der Waals surface area contributed by atoms with Gasteiger partial charge < -0.3 is 9.30 Å². The summed E-state index contributed by atoms with van der Waals surface area (Å²) in [5, 5.41) is 0. The highest BCUT2D eigenvalue weighted by Gasteiger charge is 2.30. The van der Waals surface area contributed by atoms with Crippen LogP contribution < -0.4 is 9.70 Å². The van der Waals surface area contributed by atoms with Gasteiger partial charge in [-0.25, -0.2) is 4.79 Å². The van der Waals surface area contributed by atoms with Crippen molar-refractivity contribution in [3.63, 3.8) is 0 Å². The molecule has 166 valence electrons. The number of carbonyl (C=O) groups is 4. The first-order valence-corrected chi connectivity index (χ1v) is 11.0. The summed E-state index contributed by atoms with van der Waals surface area (Å²) in [7, 11) is 0. The Morgan fingerprint density at radius 2 is 1.88 bits per heavy atom. The lowest BCUT2D eigenvalue weighted by atomic mass is 10.2. The number of esters is 1. The average molecular weight is 461 g/mol.